The fraction of sp³-hybridized carbons (Fsp3) is 0.710. The van der Waals surface area contributed by atoms with Crippen molar-refractivity contribution in [2.75, 3.05) is 0 Å². The molecule has 0 saturated heterocycles. The van der Waals surface area contributed by atoms with Gasteiger partial charge in [-0.25, -0.2) is 4.79 Å². The Kier molecular flexibility index (Phi) is 11.2. The molecule has 2 unspecified atom stereocenters. The molecule has 2 N–H and O–H groups in total. The minimum atomic E-state index is -0.828. The number of amides is 3. The van der Waals surface area contributed by atoms with Crippen LogP contribution < -0.4 is 10.6 Å². The van der Waals surface area contributed by atoms with E-state index in [4.69, 9.17) is 4.74 Å². The summed E-state index contributed by atoms with van der Waals surface area (Å²) in [5.41, 5.74) is 0.446. The largest absolute Gasteiger partial charge is 0.444 e. The lowest BCUT2D eigenvalue weighted by molar-refractivity contribution is -0.150. The van der Waals surface area contributed by atoms with Gasteiger partial charge < -0.3 is 20.3 Å². The maximum Gasteiger partial charge on any atom is 0.408 e. The Labute approximate surface area is 230 Å². The van der Waals surface area contributed by atoms with E-state index in [9.17, 15) is 14.4 Å². The highest BCUT2D eigenvalue weighted by molar-refractivity contribution is 5.92. The number of alkyl carbamates (subject to hydrolysis) is 1. The van der Waals surface area contributed by atoms with Gasteiger partial charge in [0.25, 0.3) is 0 Å². The topological polar surface area (TPSA) is 87.7 Å². The first-order valence-corrected chi connectivity index (χ1v) is 14.3. The van der Waals surface area contributed by atoms with Gasteiger partial charge in [-0.05, 0) is 78.7 Å². The molecule has 1 aliphatic rings. The van der Waals surface area contributed by atoms with Gasteiger partial charge in [-0.1, -0.05) is 69.9 Å². The van der Waals surface area contributed by atoms with Gasteiger partial charge in [0.15, 0.2) is 0 Å². The Morgan fingerprint density at radius 3 is 2.21 bits per heavy atom. The zero-order valence-corrected chi connectivity index (χ0v) is 25.1. The van der Waals surface area contributed by atoms with Crippen molar-refractivity contribution in [2.45, 2.75) is 137 Å². The van der Waals surface area contributed by atoms with Crippen LogP contribution in [-0.4, -0.2) is 46.0 Å². The second-order valence-electron chi connectivity index (χ2n) is 12.9. The van der Waals surface area contributed by atoms with E-state index >= 15 is 0 Å². The Bertz CT molecular complexity index is 945. The van der Waals surface area contributed by atoms with Crippen LogP contribution in [0.25, 0.3) is 0 Å². The van der Waals surface area contributed by atoms with E-state index in [-0.39, 0.29) is 23.8 Å². The molecule has 0 radical (unpaired) electrons. The minimum Gasteiger partial charge on any atom is -0.444 e. The lowest BCUT2D eigenvalue weighted by Crippen LogP contribution is -2.60. The van der Waals surface area contributed by atoms with Gasteiger partial charge in [-0.3, -0.25) is 9.59 Å². The summed E-state index contributed by atoms with van der Waals surface area (Å²) in [6.07, 6.45) is 5.72. The second-order valence-corrected chi connectivity index (χ2v) is 12.9. The van der Waals surface area contributed by atoms with Gasteiger partial charge in [0.05, 0.1) is 0 Å². The van der Waals surface area contributed by atoms with Crippen LogP contribution >= 0.6 is 0 Å². The number of benzene rings is 1. The maximum absolute atomic E-state index is 14.5. The summed E-state index contributed by atoms with van der Waals surface area (Å²) < 4.78 is 5.50. The number of ether oxygens (including phenoxy) is 1. The molecule has 1 fully saturated rings. The zero-order chi connectivity index (χ0) is 28.7. The van der Waals surface area contributed by atoms with E-state index < -0.39 is 29.3 Å². The van der Waals surface area contributed by atoms with Crippen LogP contribution in [0.4, 0.5) is 4.79 Å². The van der Waals surface area contributed by atoms with Gasteiger partial charge in [0, 0.05) is 11.6 Å². The molecular formula is C31H51N3O4. The van der Waals surface area contributed by atoms with Crippen molar-refractivity contribution in [2.24, 2.45) is 5.92 Å². The van der Waals surface area contributed by atoms with Crippen LogP contribution in [0, 0.1) is 12.8 Å². The van der Waals surface area contributed by atoms with E-state index in [2.05, 4.69) is 10.6 Å². The smallest absolute Gasteiger partial charge is 0.408 e. The summed E-state index contributed by atoms with van der Waals surface area (Å²) in [5, 5.41) is 6.11. The first-order chi connectivity index (χ1) is 17.6. The van der Waals surface area contributed by atoms with Crippen LogP contribution in [0.3, 0.4) is 0 Å². The average Bonchev–Trinajstić information content (AvgIpc) is 2.80. The van der Waals surface area contributed by atoms with Crippen LogP contribution in [-0.2, 0) is 14.3 Å². The predicted octanol–water partition coefficient (Wildman–Crippen LogP) is 6.44. The Morgan fingerprint density at radius 2 is 1.68 bits per heavy atom. The zero-order valence-electron chi connectivity index (χ0n) is 25.1. The fourth-order valence-corrected chi connectivity index (χ4v) is 5.04. The molecule has 2 atom stereocenters. The summed E-state index contributed by atoms with van der Waals surface area (Å²) >= 11 is 0. The van der Waals surface area contributed by atoms with Gasteiger partial charge in [0.2, 0.25) is 11.8 Å². The van der Waals surface area contributed by atoms with Crippen LogP contribution in [0.2, 0.25) is 0 Å². The second kappa shape index (κ2) is 13.5. The first-order valence-electron chi connectivity index (χ1n) is 14.3. The standard InChI is InChI=1S/C31H51N3O4/c1-10-31(8,9)34(28(36)25(19-21(2)3)33-29(37)38-30(5,6)7)26(23-16-14-15-22(4)20-23)27(35)32-24-17-12-11-13-18-24/h14-16,20-21,24-26H,10-13,17-19H2,1-9H3,(H,32,35)(H,33,37). The monoisotopic (exact) mass is 529 g/mol. The van der Waals surface area contributed by atoms with Crippen molar-refractivity contribution in [3.8, 4) is 0 Å². The van der Waals surface area contributed by atoms with Crippen LogP contribution in [0.1, 0.15) is 118 Å². The molecule has 0 aliphatic heterocycles. The van der Waals surface area contributed by atoms with Gasteiger partial charge in [0.1, 0.15) is 17.7 Å². The highest BCUT2D eigenvalue weighted by Gasteiger charge is 2.43. The number of aryl methyl sites for hydroxylation is 1. The Morgan fingerprint density at radius 1 is 1.05 bits per heavy atom. The molecule has 0 bridgehead atoms. The molecule has 1 aliphatic carbocycles. The Balaban J connectivity index is 2.56. The molecule has 2 rings (SSSR count). The lowest BCUT2D eigenvalue weighted by atomic mass is 9.89. The molecule has 0 aromatic heterocycles. The molecule has 1 aromatic rings. The first kappa shape index (κ1) is 31.6. The third kappa shape index (κ3) is 9.32. The van der Waals surface area contributed by atoms with Gasteiger partial charge >= 0.3 is 6.09 Å². The van der Waals surface area contributed by atoms with Crippen LogP contribution in [0.5, 0.6) is 0 Å². The summed E-state index contributed by atoms with van der Waals surface area (Å²) in [5.74, 6) is -0.307. The lowest BCUT2D eigenvalue weighted by Gasteiger charge is -2.45. The highest BCUT2D eigenvalue weighted by atomic mass is 16.6. The molecule has 1 saturated carbocycles. The van der Waals surface area contributed by atoms with E-state index in [0.29, 0.717) is 12.8 Å². The summed E-state index contributed by atoms with van der Waals surface area (Å²) in [7, 11) is 0. The third-order valence-corrected chi connectivity index (χ3v) is 7.27. The quantitative estimate of drug-likeness (QED) is 0.365. The molecule has 0 spiro atoms. The van der Waals surface area contributed by atoms with E-state index in [1.807, 2.05) is 65.8 Å². The SMILES string of the molecule is CCC(C)(C)N(C(=O)C(CC(C)C)NC(=O)OC(C)(C)C)C(C(=O)NC1CCCCC1)c1cccc(C)c1. The number of hydrogen-bond acceptors (Lipinski definition) is 4. The minimum absolute atomic E-state index is 0.108. The highest BCUT2D eigenvalue weighted by Crippen LogP contribution is 2.33. The van der Waals surface area contributed by atoms with Gasteiger partial charge in [-0.2, -0.15) is 0 Å². The van der Waals surface area contributed by atoms with E-state index in [1.54, 1.807) is 25.7 Å². The number of nitrogens with one attached hydrogen (secondary N) is 2. The normalized spacial score (nSPS) is 16.5. The third-order valence-electron chi connectivity index (χ3n) is 7.27. The average molecular weight is 530 g/mol. The predicted molar refractivity (Wildman–Crippen MR) is 153 cm³/mol. The van der Waals surface area contributed by atoms with E-state index in [0.717, 1.165) is 36.8 Å². The van der Waals surface area contributed by atoms with Crippen molar-refractivity contribution in [1.82, 2.24) is 15.5 Å². The van der Waals surface area contributed by atoms with Crippen molar-refractivity contribution in [3.05, 3.63) is 35.4 Å². The number of hydrogen-bond donors (Lipinski definition) is 2. The molecule has 1 aromatic carbocycles. The summed E-state index contributed by atoms with van der Waals surface area (Å²) in [4.78, 5) is 43.0. The van der Waals surface area contributed by atoms with Gasteiger partial charge in [-0.15, -0.1) is 0 Å². The molecule has 38 heavy (non-hydrogen) atoms. The number of carbonyl (C=O) groups excluding carboxylic acids is 3. The molecule has 7 heteroatoms. The summed E-state index contributed by atoms with van der Waals surface area (Å²) in [6.45, 7) is 17.4. The maximum atomic E-state index is 14.5. The molecule has 214 valence electrons. The Hall–Kier alpha value is -2.57. The van der Waals surface area contributed by atoms with Crippen molar-refractivity contribution in [1.29, 1.82) is 0 Å². The van der Waals surface area contributed by atoms with Crippen molar-refractivity contribution >= 4 is 17.9 Å². The molecule has 3 amide bonds. The van der Waals surface area contributed by atoms with Crippen molar-refractivity contribution < 1.29 is 19.1 Å². The number of nitrogens with zero attached hydrogens (tertiary/aromatic N) is 1. The van der Waals surface area contributed by atoms with Crippen molar-refractivity contribution in [3.63, 3.8) is 0 Å². The van der Waals surface area contributed by atoms with E-state index in [1.165, 1.54) is 6.42 Å². The number of carbonyl (C=O) groups is 3. The summed E-state index contributed by atoms with van der Waals surface area (Å²) in [6, 6.07) is 6.27. The number of rotatable bonds is 10. The fourth-order valence-electron chi connectivity index (χ4n) is 5.04. The molecule has 7 nitrogen and oxygen atoms in total. The van der Waals surface area contributed by atoms with Crippen LogP contribution in [0.15, 0.2) is 24.3 Å². The molecule has 0 heterocycles. The molecular weight excluding hydrogens is 478 g/mol.